The van der Waals surface area contributed by atoms with Gasteiger partial charge in [-0.25, -0.2) is 0 Å². The van der Waals surface area contributed by atoms with Crippen LogP contribution in [0.4, 0.5) is 0 Å². The molecule has 1 nitrogen and oxygen atoms in total. The molecule has 0 atom stereocenters. The minimum Gasteiger partial charge on any atom is -0.386 e. The second-order valence-corrected chi connectivity index (χ2v) is 3.13. The van der Waals surface area contributed by atoms with E-state index in [0.717, 1.165) is 5.57 Å². The molecule has 0 aliphatic heterocycles. The fourth-order valence-corrected chi connectivity index (χ4v) is 0.503. The van der Waals surface area contributed by atoms with E-state index in [0.29, 0.717) is 0 Å². The maximum atomic E-state index is 9.26. The molecule has 0 radical (unpaired) electrons. The van der Waals surface area contributed by atoms with E-state index in [9.17, 15) is 5.11 Å². The van der Waals surface area contributed by atoms with Crippen molar-refractivity contribution in [1.29, 1.82) is 0 Å². The van der Waals surface area contributed by atoms with Crippen molar-refractivity contribution in [2.24, 2.45) is 0 Å². The van der Waals surface area contributed by atoms with Crippen molar-refractivity contribution in [3.8, 4) is 0 Å². The average molecular weight is 152 g/mol. The number of rotatable bonds is 3. The summed E-state index contributed by atoms with van der Waals surface area (Å²) in [7, 11) is 0. The molecule has 0 saturated carbocycles. The normalized spacial score (nSPS) is 14.0. The number of allylic oxidation sites excluding steroid dienone is 4. The molecule has 0 heterocycles. The lowest BCUT2D eigenvalue weighted by Crippen LogP contribution is -2.13. The molecule has 0 spiro atoms. The first-order valence-corrected chi connectivity index (χ1v) is 3.66. The Morgan fingerprint density at radius 1 is 1.45 bits per heavy atom. The number of hydrogen-bond acceptors (Lipinski definition) is 1. The molecular weight excluding hydrogens is 136 g/mol. The Morgan fingerprint density at radius 2 is 2.00 bits per heavy atom. The van der Waals surface area contributed by atoms with Gasteiger partial charge < -0.3 is 5.11 Å². The zero-order valence-corrected chi connectivity index (χ0v) is 7.46. The minimum absolute atomic E-state index is 0.724. The van der Waals surface area contributed by atoms with Gasteiger partial charge in [-0.3, -0.25) is 0 Å². The van der Waals surface area contributed by atoms with Crippen molar-refractivity contribution in [2.45, 2.75) is 26.4 Å². The summed E-state index contributed by atoms with van der Waals surface area (Å²) in [6, 6.07) is 0. The third kappa shape index (κ3) is 7.07. The Morgan fingerprint density at radius 3 is 2.36 bits per heavy atom. The largest absolute Gasteiger partial charge is 0.386 e. The Labute approximate surface area is 68.7 Å². The molecule has 0 saturated heterocycles. The number of hydrogen-bond donors (Lipinski definition) is 1. The highest BCUT2D eigenvalue weighted by molar-refractivity contribution is 5.20. The fourth-order valence-electron chi connectivity index (χ4n) is 0.503. The lowest BCUT2D eigenvalue weighted by Gasteiger charge is -2.08. The molecule has 0 aliphatic rings. The molecular formula is C10H16O. The van der Waals surface area contributed by atoms with Crippen LogP contribution in [-0.4, -0.2) is 10.7 Å². The lowest BCUT2D eigenvalue weighted by atomic mass is 10.1. The van der Waals surface area contributed by atoms with E-state index in [1.54, 1.807) is 26.0 Å². The Hall–Kier alpha value is -0.820. The van der Waals surface area contributed by atoms with Gasteiger partial charge in [-0.2, -0.15) is 0 Å². The SMILES string of the molecule is C=C/C(C)=C\C=C\C(C)(C)O. The van der Waals surface area contributed by atoms with Crippen LogP contribution in [0.25, 0.3) is 0 Å². The molecule has 0 aliphatic carbocycles. The van der Waals surface area contributed by atoms with Gasteiger partial charge in [0.15, 0.2) is 0 Å². The monoisotopic (exact) mass is 152 g/mol. The Balaban J connectivity index is 4.06. The summed E-state index contributed by atoms with van der Waals surface area (Å²) >= 11 is 0. The smallest absolute Gasteiger partial charge is 0.0774 e. The van der Waals surface area contributed by atoms with Crippen molar-refractivity contribution < 1.29 is 5.11 Å². The highest BCUT2D eigenvalue weighted by atomic mass is 16.3. The van der Waals surface area contributed by atoms with Gasteiger partial charge in [0, 0.05) is 0 Å². The third-order valence-corrected chi connectivity index (χ3v) is 1.19. The molecule has 1 heteroatoms. The first-order chi connectivity index (χ1) is 4.95. The summed E-state index contributed by atoms with van der Waals surface area (Å²) in [6.45, 7) is 9.04. The van der Waals surface area contributed by atoms with Crippen LogP contribution in [0.1, 0.15) is 20.8 Å². The van der Waals surface area contributed by atoms with Crippen LogP contribution in [0, 0.1) is 0 Å². The van der Waals surface area contributed by atoms with Gasteiger partial charge in [0.1, 0.15) is 0 Å². The van der Waals surface area contributed by atoms with Crippen LogP contribution in [0.3, 0.4) is 0 Å². The fraction of sp³-hybridized carbons (Fsp3) is 0.400. The molecule has 62 valence electrons. The van der Waals surface area contributed by atoms with Gasteiger partial charge in [0.2, 0.25) is 0 Å². The van der Waals surface area contributed by atoms with E-state index in [4.69, 9.17) is 0 Å². The predicted molar refractivity (Wildman–Crippen MR) is 49.4 cm³/mol. The Bertz CT molecular complexity index is 180. The summed E-state index contributed by atoms with van der Waals surface area (Å²) < 4.78 is 0. The molecule has 11 heavy (non-hydrogen) atoms. The van der Waals surface area contributed by atoms with Crippen molar-refractivity contribution in [3.63, 3.8) is 0 Å². The molecule has 0 aromatic heterocycles. The summed E-state index contributed by atoms with van der Waals surface area (Å²) in [5, 5.41) is 9.26. The zero-order valence-electron chi connectivity index (χ0n) is 7.46. The molecule has 0 aromatic rings. The zero-order chi connectivity index (χ0) is 8.91. The highest BCUT2D eigenvalue weighted by Crippen LogP contribution is 2.03. The van der Waals surface area contributed by atoms with Crippen LogP contribution in [0.2, 0.25) is 0 Å². The number of aliphatic hydroxyl groups is 1. The van der Waals surface area contributed by atoms with Gasteiger partial charge in [-0.1, -0.05) is 36.5 Å². The van der Waals surface area contributed by atoms with Gasteiger partial charge in [0.25, 0.3) is 0 Å². The highest BCUT2D eigenvalue weighted by Gasteiger charge is 2.04. The quantitative estimate of drug-likeness (QED) is 0.616. The van der Waals surface area contributed by atoms with E-state index in [1.807, 2.05) is 19.1 Å². The molecule has 0 fully saturated rings. The van der Waals surface area contributed by atoms with E-state index in [-0.39, 0.29) is 0 Å². The summed E-state index contributed by atoms with van der Waals surface area (Å²) in [5.41, 5.74) is 0.364. The standard InChI is InChI=1S/C10H16O/c1-5-9(2)7-6-8-10(3,4)11/h5-8,11H,1H2,2-4H3/b8-6+,9-7-. The van der Waals surface area contributed by atoms with Gasteiger partial charge >= 0.3 is 0 Å². The lowest BCUT2D eigenvalue weighted by molar-refractivity contribution is 0.133. The average Bonchev–Trinajstić information content (AvgIpc) is 1.85. The van der Waals surface area contributed by atoms with E-state index in [2.05, 4.69) is 6.58 Å². The predicted octanol–water partition coefficient (Wildman–Crippen LogP) is 2.45. The second kappa shape index (κ2) is 4.14. The van der Waals surface area contributed by atoms with Gasteiger partial charge in [0.05, 0.1) is 5.60 Å². The van der Waals surface area contributed by atoms with Crippen LogP contribution in [0.15, 0.2) is 36.5 Å². The Kier molecular flexibility index (Phi) is 3.83. The maximum Gasteiger partial charge on any atom is 0.0774 e. The molecule has 0 aromatic carbocycles. The van der Waals surface area contributed by atoms with Crippen molar-refractivity contribution in [1.82, 2.24) is 0 Å². The van der Waals surface area contributed by atoms with Crippen LogP contribution < -0.4 is 0 Å². The molecule has 0 amide bonds. The van der Waals surface area contributed by atoms with E-state index < -0.39 is 5.60 Å². The summed E-state index contributed by atoms with van der Waals surface area (Å²) in [5.74, 6) is 0. The van der Waals surface area contributed by atoms with Crippen molar-refractivity contribution in [2.75, 3.05) is 0 Å². The first-order valence-electron chi connectivity index (χ1n) is 3.66. The van der Waals surface area contributed by atoms with Crippen LogP contribution in [0.5, 0.6) is 0 Å². The van der Waals surface area contributed by atoms with Gasteiger partial charge in [-0.05, 0) is 20.8 Å². The molecule has 0 rings (SSSR count). The van der Waals surface area contributed by atoms with E-state index >= 15 is 0 Å². The van der Waals surface area contributed by atoms with Crippen molar-refractivity contribution in [3.05, 3.63) is 36.5 Å². The van der Waals surface area contributed by atoms with Gasteiger partial charge in [-0.15, -0.1) is 0 Å². The van der Waals surface area contributed by atoms with E-state index in [1.165, 1.54) is 0 Å². The first kappa shape index (κ1) is 10.2. The second-order valence-electron chi connectivity index (χ2n) is 3.13. The van der Waals surface area contributed by atoms with Crippen molar-refractivity contribution >= 4 is 0 Å². The molecule has 0 bridgehead atoms. The molecule has 0 unspecified atom stereocenters. The van der Waals surface area contributed by atoms with Crippen LogP contribution >= 0.6 is 0 Å². The van der Waals surface area contributed by atoms with Crippen LogP contribution in [-0.2, 0) is 0 Å². The minimum atomic E-state index is -0.724. The topological polar surface area (TPSA) is 20.2 Å². The maximum absolute atomic E-state index is 9.26. The third-order valence-electron chi connectivity index (χ3n) is 1.19. The summed E-state index contributed by atoms with van der Waals surface area (Å²) in [4.78, 5) is 0. The summed E-state index contributed by atoms with van der Waals surface area (Å²) in [6.07, 6.45) is 7.25. The molecule has 1 N–H and O–H groups in total.